The molecule has 1 aromatic carbocycles. The first-order chi connectivity index (χ1) is 29.1. The molecule has 0 spiro atoms. The Morgan fingerprint density at radius 1 is 0.424 bits per heavy atom. The quantitative estimate of drug-likeness (QED) is 0.0490. The molecule has 1 heterocycles. The van der Waals surface area contributed by atoms with Crippen molar-refractivity contribution in [2.45, 2.75) is 240 Å². The van der Waals surface area contributed by atoms with Crippen LogP contribution in [0.5, 0.6) is 23.0 Å². The first-order valence-corrected chi connectivity index (χ1v) is 25.3. The number of ketones is 1. The van der Waals surface area contributed by atoms with Crippen LogP contribution in [0, 0.1) is 0 Å². The summed E-state index contributed by atoms with van der Waals surface area (Å²) < 4.78 is 25.5. The molecule has 0 amide bonds. The molecule has 1 aromatic heterocycles. The highest BCUT2D eigenvalue weighted by Gasteiger charge is 2.20. The standard InChI is InChI=1S/C53H91NO5/c1-5-9-13-17-21-25-29-33-39-56-49-38-37-48(54-46-49)45-50(55)47-43-51(57-40-34-30-26-22-18-14-10-6-2)53(59-42-36-32-28-24-20-16-12-8-4)52(44-47)58-41-35-31-27-23-19-15-11-7-3/h37-38,43-44,46H,5-36,39-42,45H2,1-4H3. The van der Waals surface area contributed by atoms with Crippen molar-refractivity contribution in [3.63, 3.8) is 0 Å². The van der Waals surface area contributed by atoms with Crippen LogP contribution in [0.3, 0.4) is 0 Å². The molecular weight excluding hydrogens is 731 g/mol. The molecule has 0 fully saturated rings. The van der Waals surface area contributed by atoms with Gasteiger partial charge in [0, 0.05) is 11.3 Å². The molecule has 2 rings (SSSR count). The summed E-state index contributed by atoms with van der Waals surface area (Å²) in [5.41, 5.74) is 1.31. The SMILES string of the molecule is CCCCCCCCCCOc1ccc(CC(=O)c2cc(OCCCCCCCCCC)c(OCCCCCCCCCC)c(OCCCCCCCCCC)c2)nc1. The summed E-state index contributed by atoms with van der Waals surface area (Å²) in [6, 6.07) is 7.64. The molecule has 6 nitrogen and oxygen atoms in total. The molecule has 0 bridgehead atoms. The predicted octanol–water partition coefficient (Wildman–Crippen LogP) is 16.6. The van der Waals surface area contributed by atoms with Crippen molar-refractivity contribution in [2.24, 2.45) is 0 Å². The van der Waals surface area contributed by atoms with Gasteiger partial charge in [0.15, 0.2) is 17.3 Å². The second-order valence-electron chi connectivity index (χ2n) is 17.2. The van der Waals surface area contributed by atoms with Crippen molar-refractivity contribution >= 4 is 5.78 Å². The predicted molar refractivity (Wildman–Crippen MR) is 251 cm³/mol. The van der Waals surface area contributed by atoms with E-state index >= 15 is 0 Å². The molecule has 338 valence electrons. The van der Waals surface area contributed by atoms with E-state index in [0.717, 1.165) is 56.4 Å². The fraction of sp³-hybridized carbons (Fsp3) is 0.774. The van der Waals surface area contributed by atoms with Crippen LogP contribution in [0.15, 0.2) is 30.5 Å². The zero-order valence-corrected chi connectivity index (χ0v) is 39.0. The second kappa shape index (κ2) is 38.2. The number of nitrogens with zero attached hydrogens (tertiary/aromatic N) is 1. The van der Waals surface area contributed by atoms with Gasteiger partial charge in [-0.2, -0.15) is 0 Å². The monoisotopic (exact) mass is 822 g/mol. The Morgan fingerprint density at radius 2 is 0.763 bits per heavy atom. The summed E-state index contributed by atoms with van der Waals surface area (Å²) in [4.78, 5) is 18.5. The zero-order chi connectivity index (χ0) is 42.3. The lowest BCUT2D eigenvalue weighted by molar-refractivity contribution is 0.0990. The van der Waals surface area contributed by atoms with E-state index in [0.29, 0.717) is 49.2 Å². The van der Waals surface area contributed by atoms with E-state index in [4.69, 9.17) is 18.9 Å². The van der Waals surface area contributed by atoms with Crippen LogP contribution in [0.25, 0.3) is 0 Å². The van der Waals surface area contributed by atoms with Crippen LogP contribution in [0.4, 0.5) is 0 Å². The molecule has 59 heavy (non-hydrogen) atoms. The largest absolute Gasteiger partial charge is 0.492 e. The number of carbonyl (C=O) groups excluding carboxylic acids is 1. The number of carbonyl (C=O) groups is 1. The number of ether oxygens (including phenoxy) is 4. The molecule has 0 saturated carbocycles. The van der Waals surface area contributed by atoms with Gasteiger partial charge < -0.3 is 18.9 Å². The lowest BCUT2D eigenvalue weighted by Crippen LogP contribution is -2.10. The number of benzene rings is 1. The maximum Gasteiger partial charge on any atom is 0.203 e. The Balaban J connectivity index is 2.10. The molecule has 0 aliphatic rings. The molecule has 0 aliphatic carbocycles. The molecular formula is C53H91NO5. The minimum absolute atomic E-state index is 0.00594. The Labute approximate surface area is 364 Å². The maximum absolute atomic E-state index is 13.9. The van der Waals surface area contributed by atoms with Gasteiger partial charge in [-0.15, -0.1) is 0 Å². The van der Waals surface area contributed by atoms with Crippen LogP contribution >= 0.6 is 0 Å². The topological polar surface area (TPSA) is 66.9 Å². The van der Waals surface area contributed by atoms with Crippen LogP contribution in [0.1, 0.15) is 249 Å². The molecule has 0 unspecified atom stereocenters. The first kappa shape index (κ1) is 52.4. The fourth-order valence-electron chi connectivity index (χ4n) is 7.63. The van der Waals surface area contributed by atoms with E-state index < -0.39 is 0 Å². The number of hydrogen-bond donors (Lipinski definition) is 0. The summed E-state index contributed by atoms with van der Waals surface area (Å²) in [6.45, 7) is 11.6. The van der Waals surface area contributed by atoms with Gasteiger partial charge in [-0.1, -0.05) is 207 Å². The highest BCUT2D eigenvalue weighted by Crippen LogP contribution is 2.40. The smallest absolute Gasteiger partial charge is 0.203 e. The van der Waals surface area contributed by atoms with E-state index in [1.54, 1.807) is 6.20 Å². The molecule has 0 N–H and O–H groups in total. The third-order valence-corrected chi connectivity index (χ3v) is 11.5. The van der Waals surface area contributed by atoms with Crippen molar-refractivity contribution in [3.8, 4) is 23.0 Å². The lowest BCUT2D eigenvalue weighted by atomic mass is 10.0. The number of pyridine rings is 1. The average molecular weight is 822 g/mol. The maximum atomic E-state index is 13.9. The summed E-state index contributed by atoms with van der Waals surface area (Å²) in [5.74, 6) is 2.66. The van der Waals surface area contributed by atoms with Crippen molar-refractivity contribution in [1.82, 2.24) is 4.98 Å². The van der Waals surface area contributed by atoms with Crippen molar-refractivity contribution < 1.29 is 23.7 Å². The Hall–Kier alpha value is -2.76. The van der Waals surface area contributed by atoms with Crippen molar-refractivity contribution in [3.05, 3.63) is 41.7 Å². The summed E-state index contributed by atoms with van der Waals surface area (Å²) >= 11 is 0. The number of hydrogen-bond acceptors (Lipinski definition) is 6. The highest BCUT2D eigenvalue weighted by atomic mass is 16.5. The van der Waals surface area contributed by atoms with Gasteiger partial charge in [-0.3, -0.25) is 9.78 Å². The Morgan fingerprint density at radius 3 is 1.12 bits per heavy atom. The van der Waals surface area contributed by atoms with Gasteiger partial charge >= 0.3 is 0 Å². The van der Waals surface area contributed by atoms with Crippen LogP contribution in [-0.2, 0) is 6.42 Å². The molecule has 2 aromatic rings. The van der Waals surface area contributed by atoms with E-state index in [9.17, 15) is 4.79 Å². The van der Waals surface area contributed by atoms with Gasteiger partial charge in [0.2, 0.25) is 5.75 Å². The zero-order valence-electron chi connectivity index (χ0n) is 39.0. The Kier molecular flexibility index (Phi) is 33.9. The van der Waals surface area contributed by atoms with Gasteiger partial charge in [0.05, 0.1) is 39.0 Å². The molecule has 6 heteroatoms. The van der Waals surface area contributed by atoms with Crippen LogP contribution in [0.2, 0.25) is 0 Å². The van der Waals surface area contributed by atoms with Gasteiger partial charge in [0.25, 0.3) is 0 Å². The molecule has 0 saturated heterocycles. The van der Waals surface area contributed by atoms with Gasteiger partial charge in [-0.05, 0) is 49.9 Å². The van der Waals surface area contributed by atoms with Crippen LogP contribution < -0.4 is 18.9 Å². The average Bonchev–Trinajstić information content (AvgIpc) is 3.25. The van der Waals surface area contributed by atoms with E-state index in [1.165, 1.54) is 161 Å². The Bertz CT molecular complexity index is 1200. The van der Waals surface area contributed by atoms with E-state index in [2.05, 4.69) is 32.7 Å². The highest BCUT2D eigenvalue weighted by molar-refractivity contribution is 5.98. The van der Waals surface area contributed by atoms with E-state index in [-0.39, 0.29) is 12.2 Å². The number of unbranched alkanes of at least 4 members (excludes halogenated alkanes) is 28. The normalized spacial score (nSPS) is 11.3. The first-order valence-electron chi connectivity index (χ1n) is 25.3. The minimum Gasteiger partial charge on any atom is -0.492 e. The molecule has 0 atom stereocenters. The van der Waals surface area contributed by atoms with Gasteiger partial charge in [0.1, 0.15) is 5.75 Å². The third-order valence-electron chi connectivity index (χ3n) is 11.5. The lowest BCUT2D eigenvalue weighted by Gasteiger charge is -2.19. The molecule has 0 aliphatic heterocycles. The van der Waals surface area contributed by atoms with Crippen LogP contribution in [-0.4, -0.2) is 37.2 Å². The van der Waals surface area contributed by atoms with E-state index in [1.807, 2.05) is 24.3 Å². The van der Waals surface area contributed by atoms with Crippen molar-refractivity contribution in [1.29, 1.82) is 0 Å². The fourth-order valence-corrected chi connectivity index (χ4v) is 7.63. The molecule has 0 radical (unpaired) electrons. The van der Waals surface area contributed by atoms with Crippen molar-refractivity contribution in [2.75, 3.05) is 26.4 Å². The number of aromatic nitrogens is 1. The summed E-state index contributed by atoms with van der Waals surface area (Å²) in [6.07, 6.45) is 41.9. The summed E-state index contributed by atoms with van der Waals surface area (Å²) in [5, 5.41) is 0. The number of rotatable bonds is 43. The van der Waals surface area contributed by atoms with Gasteiger partial charge in [-0.25, -0.2) is 0 Å². The number of Topliss-reactive ketones (excluding diaryl/α,β-unsaturated/α-hetero) is 1. The minimum atomic E-state index is -0.00594. The third kappa shape index (κ3) is 27.7. The summed E-state index contributed by atoms with van der Waals surface area (Å²) in [7, 11) is 0. The second-order valence-corrected chi connectivity index (χ2v) is 17.2.